The van der Waals surface area contributed by atoms with Gasteiger partial charge in [0.1, 0.15) is 17.5 Å². The molecular formula is C27H27N5O3. The van der Waals surface area contributed by atoms with Gasteiger partial charge in [0.25, 0.3) is 16.8 Å². The molecule has 0 aliphatic rings. The van der Waals surface area contributed by atoms with E-state index in [2.05, 4.69) is 25.9 Å². The van der Waals surface area contributed by atoms with Crippen LogP contribution in [0.25, 0.3) is 0 Å². The summed E-state index contributed by atoms with van der Waals surface area (Å²) in [5.41, 5.74) is 1.57. The lowest BCUT2D eigenvalue weighted by atomic mass is 9.82. The van der Waals surface area contributed by atoms with Crippen molar-refractivity contribution in [1.29, 1.82) is 0 Å². The minimum Gasteiger partial charge on any atom is -0.360 e. The van der Waals surface area contributed by atoms with Crippen molar-refractivity contribution in [2.24, 2.45) is 5.41 Å². The molecule has 3 N–H and O–H groups in total. The van der Waals surface area contributed by atoms with Gasteiger partial charge in [-0.25, -0.2) is 0 Å². The molecule has 35 heavy (non-hydrogen) atoms. The number of aryl methyl sites for hydroxylation is 1. The third-order valence-electron chi connectivity index (χ3n) is 5.88. The second-order valence-corrected chi connectivity index (χ2v) is 9.22. The van der Waals surface area contributed by atoms with E-state index >= 15 is 0 Å². The van der Waals surface area contributed by atoms with Gasteiger partial charge in [-0.2, -0.15) is 0 Å². The molecule has 1 unspecified atom stereocenters. The molecule has 0 saturated carbocycles. The molecule has 2 heterocycles. The van der Waals surface area contributed by atoms with E-state index in [1.165, 1.54) is 0 Å². The third kappa shape index (κ3) is 5.43. The zero-order chi connectivity index (χ0) is 25.0. The Morgan fingerprint density at radius 3 is 2.37 bits per heavy atom. The first kappa shape index (κ1) is 23.8. The van der Waals surface area contributed by atoms with Crippen molar-refractivity contribution in [3.8, 4) is 0 Å². The van der Waals surface area contributed by atoms with Crippen molar-refractivity contribution in [3.05, 3.63) is 110 Å². The van der Waals surface area contributed by atoms with Crippen LogP contribution < -0.4 is 26.8 Å². The Hall–Kier alpha value is -4.33. The van der Waals surface area contributed by atoms with E-state index in [1.54, 1.807) is 49.1 Å². The standard InChI is InChI=1S/C27H27N5O3/c1-17-6-4-7-19(14-17)25(35)32-26(27(2,3)15-18-9-12-28-13-10-18)31-22-21(23(33)24(22)34)30-20-8-5-11-29-16-20/h4-14,16,26,30-31H,15H2,1-3H3,(H,32,35). The minimum absolute atomic E-state index is 0.135. The fourth-order valence-electron chi connectivity index (χ4n) is 3.93. The molecule has 1 atom stereocenters. The van der Waals surface area contributed by atoms with Crippen LogP contribution in [0, 0.1) is 12.3 Å². The summed E-state index contributed by atoms with van der Waals surface area (Å²) in [5.74, 6) is -0.283. The predicted octanol–water partition coefficient (Wildman–Crippen LogP) is 3.56. The topological polar surface area (TPSA) is 113 Å². The summed E-state index contributed by atoms with van der Waals surface area (Å²) in [6.45, 7) is 5.89. The molecule has 0 aliphatic heterocycles. The van der Waals surface area contributed by atoms with Crippen molar-refractivity contribution in [2.45, 2.75) is 33.4 Å². The van der Waals surface area contributed by atoms with E-state index in [9.17, 15) is 14.4 Å². The van der Waals surface area contributed by atoms with E-state index < -0.39 is 22.4 Å². The third-order valence-corrected chi connectivity index (χ3v) is 5.88. The highest BCUT2D eigenvalue weighted by Gasteiger charge is 2.34. The van der Waals surface area contributed by atoms with Crippen LogP contribution in [0.1, 0.15) is 35.3 Å². The van der Waals surface area contributed by atoms with Crippen molar-refractivity contribution >= 4 is 23.0 Å². The van der Waals surface area contributed by atoms with Crippen molar-refractivity contribution < 1.29 is 4.79 Å². The zero-order valence-electron chi connectivity index (χ0n) is 19.8. The fraction of sp³-hybridized carbons (Fsp3) is 0.222. The molecule has 8 heteroatoms. The number of nitrogens with one attached hydrogen (secondary N) is 3. The van der Waals surface area contributed by atoms with Crippen molar-refractivity contribution in [2.75, 3.05) is 10.6 Å². The highest BCUT2D eigenvalue weighted by Crippen LogP contribution is 2.29. The second kappa shape index (κ2) is 9.89. The molecule has 8 nitrogen and oxygen atoms in total. The van der Waals surface area contributed by atoms with Crippen LogP contribution in [0.5, 0.6) is 0 Å². The van der Waals surface area contributed by atoms with Crippen LogP contribution in [-0.4, -0.2) is 22.0 Å². The maximum Gasteiger partial charge on any atom is 0.253 e. The second-order valence-electron chi connectivity index (χ2n) is 9.22. The van der Waals surface area contributed by atoms with Gasteiger partial charge in [-0.3, -0.25) is 24.4 Å². The average molecular weight is 470 g/mol. The number of aromatic nitrogens is 2. The smallest absolute Gasteiger partial charge is 0.253 e. The highest BCUT2D eigenvalue weighted by atomic mass is 16.2. The van der Waals surface area contributed by atoms with Gasteiger partial charge in [0.05, 0.1) is 11.9 Å². The van der Waals surface area contributed by atoms with Crippen LogP contribution in [0.4, 0.5) is 17.1 Å². The minimum atomic E-state index is -0.665. The predicted molar refractivity (Wildman–Crippen MR) is 137 cm³/mol. The number of benzene rings is 1. The molecule has 0 bridgehead atoms. The van der Waals surface area contributed by atoms with Crippen LogP contribution in [-0.2, 0) is 6.42 Å². The van der Waals surface area contributed by atoms with Gasteiger partial charge in [0, 0.05) is 29.6 Å². The normalized spacial score (nSPS) is 12.2. The molecule has 0 fully saturated rings. The summed E-state index contributed by atoms with van der Waals surface area (Å²) in [4.78, 5) is 46.1. The van der Waals surface area contributed by atoms with E-state index in [0.717, 1.165) is 11.1 Å². The van der Waals surface area contributed by atoms with Gasteiger partial charge in [0.2, 0.25) is 0 Å². The molecule has 4 rings (SSSR count). The molecule has 2 aromatic carbocycles. The lowest BCUT2D eigenvalue weighted by Crippen LogP contribution is -2.53. The largest absolute Gasteiger partial charge is 0.360 e. The Balaban J connectivity index is 1.64. The van der Waals surface area contributed by atoms with Gasteiger partial charge in [-0.1, -0.05) is 31.5 Å². The average Bonchev–Trinajstić information content (AvgIpc) is 2.86. The Kier molecular flexibility index (Phi) is 6.73. The molecule has 0 radical (unpaired) electrons. The van der Waals surface area contributed by atoms with Crippen LogP contribution in [0.2, 0.25) is 0 Å². The number of anilines is 3. The van der Waals surface area contributed by atoms with Crippen molar-refractivity contribution in [3.63, 3.8) is 0 Å². The summed E-state index contributed by atoms with van der Waals surface area (Å²) in [6, 6.07) is 14.6. The summed E-state index contributed by atoms with van der Waals surface area (Å²) in [6.07, 6.45) is 6.52. The number of hydrogen-bond donors (Lipinski definition) is 3. The van der Waals surface area contributed by atoms with Gasteiger partial charge in [0.15, 0.2) is 0 Å². The van der Waals surface area contributed by atoms with E-state index in [4.69, 9.17) is 0 Å². The lowest BCUT2D eigenvalue weighted by Gasteiger charge is -2.37. The molecule has 4 aromatic rings. The first-order valence-corrected chi connectivity index (χ1v) is 11.3. The van der Waals surface area contributed by atoms with Crippen LogP contribution in [0.3, 0.4) is 0 Å². The van der Waals surface area contributed by atoms with Crippen LogP contribution in [0.15, 0.2) is 82.9 Å². The van der Waals surface area contributed by atoms with E-state index in [0.29, 0.717) is 17.7 Å². The quantitative estimate of drug-likeness (QED) is 0.254. The molecule has 1 amide bonds. The van der Waals surface area contributed by atoms with E-state index in [-0.39, 0.29) is 17.3 Å². The van der Waals surface area contributed by atoms with E-state index in [1.807, 2.05) is 45.0 Å². The number of carbonyl (C=O) groups excluding carboxylic acids is 1. The maximum atomic E-state index is 13.2. The number of rotatable bonds is 9. The molecule has 0 aliphatic carbocycles. The molecule has 0 spiro atoms. The van der Waals surface area contributed by atoms with Gasteiger partial charge >= 0.3 is 0 Å². The monoisotopic (exact) mass is 469 g/mol. The van der Waals surface area contributed by atoms with Crippen molar-refractivity contribution in [1.82, 2.24) is 15.3 Å². The highest BCUT2D eigenvalue weighted by molar-refractivity contribution is 5.95. The van der Waals surface area contributed by atoms with Crippen LogP contribution >= 0.6 is 0 Å². The van der Waals surface area contributed by atoms with Gasteiger partial charge in [-0.05, 0) is 55.3 Å². The Labute approximate surface area is 203 Å². The summed E-state index contributed by atoms with van der Waals surface area (Å²) in [7, 11) is 0. The SMILES string of the molecule is Cc1cccc(C(=O)NC(Nc2c(Nc3cccnc3)c(=O)c2=O)C(C)(C)Cc2ccncc2)c1. The zero-order valence-corrected chi connectivity index (χ0v) is 19.8. The lowest BCUT2D eigenvalue weighted by molar-refractivity contribution is 0.0906. The number of hydrogen-bond acceptors (Lipinski definition) is 7. The first-order valence-electron chi connectivity index (χ1n) is 11.3. The van der Waals surface area contributed by atoms with Gasteiger partial charge in [-0.15, -0.1) is 0 Å². The summed E-state index contributed by atoms with van der Waals surface area (Å²) in [5, 5.41) is 9.17. The van der Waals surface area contributed by atoms with Gasteiger partial charge < -0.3 is 16.0 Å². The Morgan fingerprint density at radius 1 is 0.943 bits per heavy atom. The molecule has 2 aromatic heterocycles. The fourth-order valence-corrected chi connectivity index (χ4v) is 3.93. The number of amides is 1. The Morgan fingerprint density at radius 2 is 1.69 bits per heavy atom. The Bertz CT molecular complexity index is 1390. The number of carbonyl (C=O) groups is 1. The number of pyridine rings is 2. The number of nitrogens with zero attached hydrogens (tertiary/aromatic N) is 2. The molecule has 0 saturated heterocycles. The summed E-state index contributed by atoms with van der Waals surface area (Å²) >= 11 is 0. The maximum absolute atomic E-state index is 13.2. The first-order chi connectivity index (χ1) is 16.7. The molecular weight excluding hydrogens is 442 g/mol. The molecule has 178 valence electrons. The summed E-state index contributed by atoms with van der Waals surface area (Å²) < 4.78 is 0.